The van der Waals surface area contributed by atoms with Gasteiger partial charge in [-0.15, -0.1) is 10.2 Å². The fourth-order valence-corrected chi connectivity index (χ4v) is 3.94. The zero-order valence-electron chi connectivity index (χ0n) is 16.0. The Morgan fingerprint density at radius 1 is 1.07 bits per heavy atom. The van der Waals surface area contributed by atoms with Crippen LogP contribution in [0.4, 0.5) is 0 Å². The largest absolute Gasteiger partial charge is 0.360 e. The number of fused-ring (bicyclic) bond motifs is 1. The van der Waals surface area contributed by atoms with Crippen molar-refractivity contribution >= 4 is 22.7 Å². The van der Waals surface area contributed by atoms with E-state index in [2.05, 4.69) is 31.4 Å². The number of nitrogens with zero attached hydrogens (tertiary/aromatic N) is 5. The third-order valence-electron chi connectivity index (χ3n) is 4.77. The number of aryl methyl sites for hydroxylation is 1. The van der Waals surface area contributed by atoms with Gasteiger partial charge in [0.1, 0.15) is 0 Å². The molecule has 1 N–H and O–H groups in total. The van der Waals surface area contributed by atoms with Gasteiger partial charge < -0.3 is 14.1 Å². The first kappa shape index (κ1) is 17.7. The average Bonchev–Trinajstić information content (AvgIpc) is 3.46. The summed E-state index contributed by atoms with van der Waals surface area (Å²) >= 11 is 1.52. The molecule has 0 spiro atoms. The second-order valence-electron chi connectivity index (χ2n) is 6.78. The van der Waals surface area contributed by atoms with Gasteiger partial charge in [-0.2, -0.15) is 4.98 Å². The molecule has 0 fully saturated rings. The van der Waals surface area contributed by atoms with Crippen molar-refractivity contribution in [2.75, 3.05) is 0 Å². The monoisotopic (exact) mass is 402 g/mol. The summed E-state index contributed by atoms with van der Waals surface area (Å²) in [7, 11) is 1.96. The van der Waals surface area contributed by atoms with Crippen molar-refractivity contribution < 1.29 is 4.52 Å². The molecule has 0 amide bonds. The standard InChI is InChI=1S/C21H18N6OS/c1-13-7-9-14(10-8-13)19-23-18(28-26-19)12-29-21-25-24-20(27(21)2)16-11-22-17-6-4-3-5-15(16)17/h3-11,22H,12H2,1-2H3. The molecule has 0 saturated heterocycles. The Morgan fingerprint density at radius 3 is 2.76 bits per heavy atom. The van der Waals surface area contributed by atoms with Crippen molar-refractivity contribution in [3.8, 4) is 22.8 Å². The lowest BCUT2D eigenvalue weighted by molar-refractivity contribution is 0.391. The van der Waals surface area contributed by atoms with Crippen molar-refractivity contribution in [2.45, 2.75) is 17.8 Å². The zero-order chi connectivity index (χ0) is 19.8. The molecule has 0 atom stereocenters. The maximum Gasteiger partial charge on any atom is 0.237 e. The number of aromatic nitrogens is 6. The minimum absolute atomic E-state index is 0.527. The first-order valence-electron chi connectivity index (χ1n) is 9.17. The van der Waals surface area contributed by atoms with Crippen molar-refractivity contribution in [2.24, 2.45) is 7.05 Å². The molecule has 0 aliphatic carbocycles. The topological polar surface area (TPSA) is 85.4 Å². The molecule has 0 bridgehead atoms. The predicted octanol–water partition coefficient (Wildman–Crippen LogP) is 4.61. The summed E-state index contributed by atoms with van der Waals surface area (Å²) in [5, 5.41) is 14.7. The maximum absolute atomic E-state index is 5.40. The van der Waals surface area contributed by atoms with Gasteiger partial charge in [0.2, 0.25) is 11.7 Å². The Bertz CT molecular complexity index is 1280. The highest BCUT2D eigenvalue weighted by molar-refractivity contribution is 7.98. The van der Waals surface area contributed by atoms with Crippen molar-refractivity contribution in [1.82, 2.24) is 29.9 Å². The summed E-state index contributed by atoms with van der Waals surface area (Å²) in [5.41, 5.74) is 4.24. The highest BCUT2D eigenvalue weighted by atomic mass is 32.2. The normalized spacial score (nSPS) is 11.4. The number of H-pyrrole nitrogens is 1. The van der Waals surface area contributed by atoms with Gasteiger partial charge in [0.25, 0.3) is 0 Å². The van der Waals surface area contributed by atoms with Gasteiger partial charge in [0, 0.05) is 35.3 Å². The lowest BCUT2D eigenvalue weighted by Gasteiger charge is -2.02. The Labute approximate surface area is 171 Å². The molecule has 8 heteroatoms. The van der Waals surface area contributed by atoms with Crippen LogP contribution >= 0.6 is 11.8 Å². The SMILES string of the molecule is Cc1ccc(-c2noc(CSc3nnc(-c4c[nH]c5ccccc45)n3C)n2)cc1. The summed E-state index contributed by atoms with van der Waals surface area (Å²) in [6, 6.07) is 16.2. The Morgan fingerprint density at radius 2 is 1.90 bits per heavy atom. The van der Waals surface area contributed by atoms with E-state index >= 15 is 0 Å². The lowest BCUT2D eigenvalue weighted by atomic mass is 10.1. The molecule has 0 unspecified atom stereocenters. The Balaban J connectivity index is 1.34. The summed E-state index contributed by atoms with van der Waals surface area (Å²) in [4.78, 5) is 7.77. The third-order valence-corrected chi connectivity index (χ3v) is 5.77. The van der Waals surface area contributed by atoms with E-state index in [9.17, 15) is 0 Å². The van der Waals surface area contributed by atoms with Gasteiger partial charge in [-0.3, -0.25) is 0 Å². The van der Waals surface area contributed by atoms with Crippen molar-refractivity contribution in [1.29, 1.82) is 0 Å². The van der Waals surface area contributed by atoms with Gasteiger partial charge in [0.05, 0.1) is 5.75 Å². The Hall–Kier alpha value is -3.39. The highest BCUT2D eigenvalue weighted by Gasteiger charge is 2.16. The number of benzene rings is 2. The summed E-state index contributed by atoms with van der Waals surface area (Å²) in [6.45, 7) is 2.05. The molecule has 3 heterocycles. The number of nitrogens with one attached hydrogen (secondary N) is 1. The molecule has 7 nitrogen and oxygen atoms in total. The van der Waals surface area contributed by atoms with Crippen LogP contribution in [0.2, 0.25) is 0 Å². The minimum Gasteiger partial charge on any atom is -0.360 e. The molecular formula is C21H18N6OS. The molecule has 29 heavy (non-hydrogen) atoms. The molecule has 3 aromatic heterocycles. The molecular weight excluding hydrogens is 384 g/mol. The number of hydrogen-bond donors (Lipinski definition) is 1. The minimum atomic E-state index is 0.527. The van der Waals surface area contributed by atoms with Crippen LogP contribution in [-0.2, 0) is 12.8 Å². The first-order valence-corrected chi connectivity index (χ1v) is 10.2. The predicted molar refractivity (Wildman–Crippen MR) is 112 cm³/mol. The number of para-hydroxylation sites is 1. The van der Waals surface area contributed by atoms with Crippen LogP contribution in [0, 0.1) is 6.92 Å². The van der Waals surface area contributed by atoms with Crippen LogP contribution in [0.5, 0.6) is 0 Å². The fraction of sp³-hybridized carbons (Fsp3) is 0.143. The lowest BCUT2D eigenvalue weighted by Crippen LogP contribution is -1.94. The van der Waals surface area contributed by atoms with E-state index < -0.39 is 0 Å². The number of aromatic amines is 1. The second-order valence-corrected chi connectivity index (χ2v) is 7.72. The maximum atomic E-state index is 5.40. The second kappa shape index (κ2) is 7.21. The summed E-state index contributed by atoms with van der Waals surface area (Å²) in [5.74, 6) is 2.50. The van der Waals surface area contributed by atoms with Crippen molar-refractivity contribution in [3.63, 3.8) is 0 Å². The molecule has 144 valence electrons. The van der Waals surface area contributed by atoms with E-state index in [4.69, 9.17) is 4.52 Å². The van der Waals surface area contributed by atoms with E-state index in [1.165, 1.54) is 17.3 Å². The van der Waals surface area contributed by atoms with Crippen LogP contribution in [0.1, 0.15) is 11.5 Å². The first-order chi connectivity index (χ1) is 14.2. The molecule has 0 radical (unpaired) electrons. The van der Waals surface area contributed by atoms with Gasteiger partial charge in [-0.25, -0.2) is 0 Å². The third kappa shape index (κ3) is 3.31. The fourth-order valence-electron chi connectivity index (χ4n) is 3.19. The number of rotatable bonds is 5. The van der Waals surface area contributed by atoms with E-state index in [1.54, 1.807) is 0 Å². The van der Waals surface area contributed by atoms with Gasteiger partial charge in [-0.1, -0.05) is 64.9 Å². The van der Waals surface area contributed by atoms with Crippen LogP contribution < -0.4 is 0 Å². The van der Waals surface area contributed by atoms with Gasteiger partial charge >= 0.3 is 0 Å². The van der Waals surface area contributed by atoms with Crippen LogP contribution in [-0.4, -0.2) is 29.9 Å². The smallest absolute Gasteiger partial charge is 0.237 e. The molecule has 0 aliphatic rings. The summed E-state index contributed by atoms with van der Waals surface area (Å²) in [6.07, 6.45) is 1.97. The van der Waals surface area contributed by atoms with E-state index in [0.717, 1.165) is 33.0 Å². The molecule has 2 aromatic carbocycles. The quantitative estimate of drug-likeness (QED) is 0.432. The average molecular weight is 402 g/mol. The van der Waals surface area contributed by atoms with E-state index in [0.29, 0.717) is 17.5 Å². The van der Waals surface area contributed by atoms with Crippen LogP contribution in [0.3, 0.4) is 0 Å². The molecule has 5 aromatic rings. The Kier molecular flexibility index (Phi) is 4.40. The van der Waals surface area contributed by atoms with Crippen molar-refractivity contribution in [3.05, 3.63) is 66.2 Å². The van der Waals surface area contributed by atoms with E-state index in [1.807, 2.05) is 67.2 Å². The van der Waals surface area contributed by atoms with Crippen LogP contribution in [0.25, 0.3) is 33.7 Å². The van der Waals surface area contributed by atoms with E-state index in [-0.39, 0.29) is 0 Å². The van der Waals surface area contributed by atoms with Crippen LogP contribution in [0.15, 0.2) is 64.4 Å². The highest BCUT2D eigenvalue weighted by Crippen LogP contribution is 2.30. The number of hydrogen-bond acceptors (Lipinski definition) is 6. The molecule has 5 rings (SSSR count). The molecule has 0 aliphatic heterocycles. The zero-order valence-corrected chi connectivity index (χ0v) is 16.8. The van der Waals surface area contributed by atoms with Gasteiger partial charge in [-0.05, 0) is 13.0 Å². The van der Waals surface area contributed by atoms with Gasteiger partial charge in [0.15, 0.2) is 11.0 Å². The number of thioether (sulfide) groups is 1. The summed E-state index contributed by atoms with van der Waals surface area (Å²) < 4.78 is 7.39. The molecule has 0 saturated carbocycles.